The molecule has 0 amide bonds. The molecule has 1 heterocycles. The van der Waals surface area contributed by atoms with Crippen molar-refractivity contribution in [3.8, 4) is 0 Å². The number of rotatable bonds is 2. The number of halogens is 2. The van der Waals surface area contributed by atoms with Crippen LogP contribution in [0, 0.1) is 0 Å². The van der Waals surface area contributed by atoms with Crippen molar-refractivity contribution in [3.05, 3.63) is 66.2 Å². The van der Waals surface area contributed by atoms with E-state index in [2.05, 4.69) is 49.9 Å². The van der Waals surface area contributed by atoms with Gasteiger partial charge in [-0.05, 0) is 30.3 Å². The van der Waals surface area contributed by atoms with Crippen LogP contribution in [0.3, 0.4) is 0 Å². The summed E-state index contributed by atoms with van der Waals surface area (Å²) < 4.78 is 6.74. The third-order valence-electron chi connectivity index (χ3n) is 4.60. The van der Waals surface area contributed by atoms with E-state index in [1.165, 1.54) is 5.19 Å². The standard InChI is InChI=1S/C18H20Cl2OSi/c1-18(14-9-5-3-6-10-14)17(20)16(19)13-22(2,21-18)15-11-7-4-8-12-15/h3-12,16-17H,13H2,1-2H3. The van der Waals surface area contributed by atoms with Crippen molar-refractivity contribution in [2.75, 3.05) is 0 Å². The first-order chi connectivity index (χ1) is 10.5. The van der Waals surface area contributed by atoms with Gasteiger partial charge in [0.2, 0.25) is 8.32 Å². The van der Waals surface area contributed by atoms with Gasteiger partial charge < -0.3 is 4.43 Å². The van der Waals surface area contributed by atoms with E-state index >= 15 is 0 Å². The normalized spacial score (nSPS) is 35.3. The first kappa shape index (κ1) is 16.1. The van der Waals surface area contributed by atoms with Crippen molar-refractivity contribution in [1.29, 1.82) is 0 Å². The molecular formula is C18H20Cl2OSi. The molecule has 1 aliphatic rings. The molecule has 1 saturated heterocycles. The van der Waals surface area contributed by atoms with Crippen LogP contribution in [-0.4, -0.2) is 19.1 Å². The predicted octanol–water partition coefficient (Wildman–Crippen LogP) is 4.63. The average molecular weight is 351 g/mol. The average Bonchev–Trinajstić information content (AvgIpc) is 2.54. The van der Waals surface area contributed by atoms with E-state index < -0.39 is 13.9 Å². The Morgan fingerprint density at radius 3 is 2.14 bits per heavy atom. The number of hydrogen-bond acceptors (Lipinski definition) is 1. The van der Waals surface area contributed by atoms with Crippen molar-refractivity contribution in [3.63, 3.8) is 0 Å². The molecule has 0 aliphatic carbocycles. The number of benzene rings is 2. The van der Waals surface area contributed by atoms with Gasteiger partial charge >= 0.3 is 0 Å². The Kier molecular flexibility index (Phi) is 4.39. The summed E-state index contributed by atoms with van der Waals surface area (Å²) in [6.45, 7) is 4.31. The second-order valence-electron chi connectivity index (χ2n) is 6.29. The fourth-order valence-corrected chi connectivity index (χ4v) is 8.44. The minimum atomic E-state index is -2.15. The maximum Gasteiger partial charge on any atom is 0.223 e. The summed E-state index contributed by atoms with van der Waals surface area (Å²) in [5.74, 6) is 0. The monoisotopic (exact) mass is 350 g/mol. The molecule has 1 nitrogen and oxygen atoms in total. The van der Waals surface area contributed by atoms with E-state index in [1.807, 2.05) is 24.3 Å². The third kappa shape index (κ3) is 2.74. The summed E-state index contributed by atoms with van der Waals surface area (Å²) in [5.41, 5.74) is 0.527. The molecule has 0 spiro atoms. The quantitative estimate of drug-likeness (QED) is 0.566. The molecular weight excluding hydrogens is 331 g/mol. The summed E-state index contributed by atoms with van der Waals surface area (Å²) in [7, 11) is -2.15. The van der Waals surface area contributed by atoms with Gasteiger partial charge in [-0.1, -0.05) is 60.7 Å². The lowest BCUT2D eigenvalue weighted by Crippen LogP contribution is -2.62. The molecule has 116 valence electrons. The van der Waals surface area contributed by atoms with Crippen molar-refractivity contribution in [1.82, 2.24) is 0 Å². The molecule has 4 unspecified atom stereocenters. The van der Waals surface area contributed by atoms with Gasteiger partial charge in [0.1, 0.15) is 0 Å². The summed E-state index contributed by atoms with van der Waals surface area (Å²) in [6.07, 6.45) is 0. The maximum absolute atomic E-state index is 6.74. The van der Waals surface area contributed by atoms with Crippen LogP contribution in [0.25, 0.3) is 0 Å². The summed E-state index contributed by atoms with van der Waals surface area (Å²) in [4.78, 5) is 0. The third-order valence-corrected chi connectivity index (χ3v) is 9.76. The van der Waals surface area contributed by atoms with E-state index in [0.29, 0.717) is 0 Å². The molecule has 3 rings (SSSR count). The van der Waals surface area contributed by atoms with E-state index in [1.54, 1.807) is 0 Å². The van der Waals surface area contributed by atoms with Gasteiger partial charge in [0.15, 0.2) is 0 Å². The zero-order chi connectivity index (χ0) is 15.8. The van der Waals surface area contributed by atoms with Crippen molar-refractivity contribution in [2.24, 2.45) is 0 Å². The second-order valence-corrected chi connectivity index (χ2v) is 11.0. The highest BCUT2D eigenvalue weighted by Crippen LogP contribution is 2.45. The van der Waals surface area contributed by atoms with Crippen LogP contribution in [0.15, 0.2) is 60.7 Å². The van der Waals surface area contributed by atoms with Gasteiger partial charge in [0.05, 0.1) is 16.4 Å². The molecule has 0 saturated carbocycles. The molecule has 4 atom stereocenters. The molecule has 0 radical (unpaired) electrons. The maximum atomic E-state index is 6.74. The van der Waals surface area contributed by atoms with Crippen LogP contribution < -0.4 is 5.19 Å². The first-order valence-electron chi connectivity index (χ1n) is 7.55. The predicted molar refractivity (Wildman–Crippen MR) is 96.7 cm³/mol. The smallest absolute Gasteiger partial charge is 0.223 e. The van der Waals surface area contributed by atoms with Crippen LogP contribution >= 0.6 is 23.2 Å². The van der Waals surface area contributed by atoms with Gasteiger partial charge in [-0.2, -0.15) is 0 Å². The van der Waals surface area contributed by atoms with E-state index in [9.17, 15) is 0 Å². The van der Waals surface area contributed by atoms with Crippen LogP contribution in [0.1, 0.15) is 12.5 Å². The zero-order valence-corrected chi connectivity index (χ0v) is 15.3. The van der Waals surface area contributed by atoms with Gasteiger partial charge in [0.25, 0.3) is 0 Å². The van der Waals surface area contributed by atoms with Crippen molar-refractivity contribution < 1.29 is 4.43 Å². The topological polar surface area (TPSA) is 9.23 Å². The Morgan fingerprint density at radius 2 is 1.55 bits per heavy atom. The minimum Gasteiger partial charge on any atom is -0.402 e. The number of alkyl halides is 2. The summed E-state index contributed by atoms with van der Waals surface area (Å²) in [5, 5.41) is 0.921. The molecule has 2 aromatic carbocycles. The zero-order valence-electron chi connectivity index (χ0n) is 12.8. The van der Waals surface area contributed by atoms with Crippen molar-refractivity contribution >= 4 is 36.7 Å². The fraction of sp³-hybridized carbons (Fsp3) is 0.333. The first-order valence-corrected chi connectivity index (χ1v) is 11.0. The van der Waals surface area contributed by atoms with Crippen LogP contribution in [-0.2, 0) is 10.0 Å². The Balaban J connectivity index is 2.04. The molecule has 1 aliphatic heterocycles. The number of hydrogen-bond donors (Lipinski definition) is 0. The fourth-order valence-electron chi connectivity index (χ4n) is 3.34. The van der Waals surface area contributed by atoms with Gasteiger partial charge in [-0.15, -0.1) is 23.2 Å². The van der Waals surface area contributed by atoms with Crippen LogP contribution in [0.2, 0.25) is 12.6 Å². The molecule has 0 aromatic heterocycles. The lowest BCUT2D eigenvalue weighted by Gasteiger charge is -2.49. The Morgan fingerprint density at radius 1 is 1.00 bits per heavy atom. The highest BCUT2D eigenvalue weighted by atomic mass is 35.5. The molecule has 1 fully saturated rings. The van der Waals surface area contributed by atoms with Gasteiger partial charge in [-0.25, -0.2) is 0 Å². The van der Waals surface area contributed by atoms with E-state index in [-0.39, 0.29) is 10.8 Å². The minimum absolute atomic E-state index is 0.0995. The largest absolute Gasteiger partial charge is 0.402 e. The van der Waals surface area contributed by atoms with E-state index in [0.717, 1.165) is 11.6 Å². The SMILES string of the molecule is CC1(c2ccccc2)O[Si](C)(c2ccccc2)CC(Cl)C1Cl. The lowest BCUT2D eigenvalue weighted by molar-refractivity contribution is 0.0586. The molecule has 22 heavy (non-hydrogen) atoms. The highest BCUT2D eigenvalue weighted by Gasteiger charge is 2.53. The lowest BCUT2D eigenvalue weighted by atomic mass is 9.90. The van der Waals surface area contributed by atoms with Gasteiger partial charge in [-0.3, -0.25) is 0 Å². The Bertz CT molecular complexity index is 636. The molecule has 2 aromatic rings. The second kappa shape index (κ2) is 6.01. The summed E-state index contributed by atoms with van der Waals surface area (Å²) in [6, 6.07) is 21.5. The Hall–Kier alpha value is -0.803. The van der Waals surface area contributed by atoms with Crippen LogP contribution in [0.4, 0.5) is 0 Å². The van der Waals surface area contributed by atoms with E-state index in [4.69, 9.17) is 27.6 Å². The molecule has 0 bridgehead atoms. The molecule has 0 N–H and O–H groups in total. The van der Waals surface area contributed by atoms with Gasteiger partial charge in [0, 0.05) is 0 Å². The van der Waals surface area contributed by atoms with Crippen molar-refractivity contribution in [2.45, 2.75) is 35.9 Å². The van der Waals surface area contributed by atoms with Crippen LogP contribution in [0.5, 0.6) is 0 Å². The highest BCUT2D eigenvalue weighted by molar-refractivity contribution is 6.86. The summed E-state index contributed by atoms with van der Waals surface area (Å²) >= 11 is 13.3. The Labute approximate surface area is 143 Å². The molecule has 4 heteroatoms.